The lowest BCUT2D eigenvalue weighted by molar-refractivity contribution is -0.137. The smallest absolute Gasteiger partial charge is 0.336 e. The fourth-order valence-electron chi connectivity index (χ4n) is 4.95. The molecule has 178 valence electrons. The van der Waals surface area contributed by atoms with Crippen LogP contribution in [0.4, 0.5) is 13.2 Å². The molecule has 1 amide bonds. The fourth-order valence-corrected chi connectivity index (χ4v) is 4.95. The molecule has 3 heterocycles. The Labute approximate surface area is 195 Å². The first-order valence-electron chi connectivity index (χ1n) is 11.5. The van der Waals surface area contributed by atoms with E-state index in [0.29, 0.717) is 41.7 Å². The summed E-state index contributed by atoms with van der Waals surface area (Å²) in [6.45, 7) is 2.62. The number of rotatable bonds is 5. The molecule has 5 rings (SSSR count). The number of aryl methyl sites for hydroxylation is 2. The zero-order valence-electron chi connectivity index (χ0n) is 18.9. The van der Waals surface area contributed by atoms with Gasteiger partial charge in [0.2, 0.25) is 0 Å². The van der Waals surface area contributed by atoms with Crippen LogP contribution in [0.25, 0.3) is 5.69 Å². The summed E-state index contributed by atoms with van der Waals surface area (Å²) in [5.41, 5.74) is 2.33. The third kappa shape index (κ3) is 4.56. The highest BCUT2D eigenvalue weighted by molar-refractivity contribution is 5.98. The van der Waals surface area contributed by atoms with E-state index in [1.165, 1.54) is 23.7 Å². The Balaban J connectivity index is 1.37. The van der Waals surface area contributed by atoms with Gasteiger partial charge in [0, 0.05) is 24.5 Å². The third-order valence-electron chi connectivity index (χ3n) is 7.11. The summed E-state index contributed by atoms with van der Waals surface area (Å²) in [5, 5.41) is 8.41. The lowest BCUT2D eigenvalue weighted by Crippen LogP contribution is -2.47. The topological polar surface area (TPSA) is 63.9 Å². The molecule has 34 heavy (non-hydrogen) atoms. The van der Waals surface area contributed by atoms with Crippen molar-refractivity contribution in [3.63, 3.8) is 0 Å². The largest absolute Gasteiger partial charge is 0.417 e. The number of carbonyl (C=O) groups excluding carboxylic acids is 1. The maximum atomic E-state index is 13.8. The molecule has 0 bridgehead atoms. The van der Waals surface area contributed by atoms with Gasteiger partial charge in [-0.25, -0.2) is 0 Å². The summed E-state index contributed by atoms with van der Waals surface area (Å²) in [7, 11) is 0. The standard InChI is InChI=1S/C25H26F3N5O/c1-17-2-7-22(33-30-11-12-31-33)21(14-17)23(34)32-13-10-24(8-9-24)15-20(32)6-5-19-4-3-18(16-29-19)25(26,27)28/h2-4,7,11-12,14,16,20H,5-6,8-10,13,15H2,1H3/t20-/m1/s1. The monoisotopic (exact) mass is 469 g/mol. The molecule has 6 nitrogen and oxygen atoms in total. The molecule has 1 saturated carbocycles. The second kappa shape index (κ2) is 8.52. The van der Waals surface area contributed by atoms with E-state index in [-0.39, 0.29) is 11.9 Å². The zero-order valence-corrected chi connectivity index (χ0v) is 18.9. The summed E-state index contributed by atoms with van der Waals surface area (Å²) in [4.78, 5) is 21.2. The second-order valence-electron chi connectivity index (χ2n) is 9.52. The van der Waals surface area contributed by atoms with E-state index in [4.69, 9.17) is 0 Å². The van der Waals surface area contributed by atoms with Crippen LogP contribution in [-0.2, 0) is 12.6 Å². The minimum absolute atomic E-state index is 0.00628. The van der Waals surface area contributed by atoms with E-state index in [2.05, 4.69) is 15.2 Å². The molecule has 9 heteroatoms. The van der Waals surface area contributed by atoms with Crippen molar-refractivity contribution in [2.75, 3.05) is 6.54 Å². The second-order valence-corrected chi connectivity index (χ2v) is 9.52. The highest BCUT2D eigenvalue weighted by atomic mass is 19.4. The molecule has 1 spiro atoms. The predicted octanol–water partition coefficient (Wildman–Crippen LogP) is 5.01. The van der Waals surface area contributed by atoms with Crippen LogP contribution in [0.5, 0.6) is 0 Å². The molecular weight excluding hydrogens is 443 g/mol. The molecule has 3 aromatic rings. The number of hydrogen-bond donors (Lipinski definition) is 0. The summed E-state index contributed by atoms with van der Waals surface area (Å²) in [6, 6.07) is 8.18. The molecule has 0 unspecified atom stereocenters. The summed E-state index contributed by atoms with van der Waals surface area (Å²) in [5.74, 6) is -0.0584. The summed E-state index contributed by atoms with van der Waals surface area (Å²) < 4.78 is 38.6. The van der Waals surface area contributed by atoms with Gasteiger partial charge in [-0.3, -0.25) is 9.78 Å². The molecule has 2 aromatic heterocycles. The summed E-state index contributed by atoms with van der Waals surface area (Å²) in [6.07, 6.45) is 5.07. The lowest BCUT2D eigenvalue weighted by atomic mass is 9.85. The first-order valence-corrected chi connectivity index (χ1v) is 11.5. The van der Waals surface area contributed by atoms with Gasteiger partial charge in [0.15, 0.2) is 0 Å². The van der Waals surface area contributed by atoms with Crippen LogP contribution >= 0.6 is 0 Å². The first-order chi connectivity index (χ1) is 16.2. The van der Waals surface area contributed by atoms with Crippen LogP contribution in [0.1, 0.15) is 59.3 Å². The Morgan fingerprint density at radius 1 is 1.12 bits per heavy atom. The van der Waals surface area contributed by atoms with Gasteiger partial charge in [-0.05, 0) is 75.1 Å². The Morgan fingerprint density at radius 2 is 1.88 bits per heavy atom. The Kier molecular flexibility index (Phi) is 5.65. The van der Waals surface area contributed by atoms with E-state index in [1.807, 2.05) is 30.0 Å². The SMILES string of the molecule is Cc1ccc(-n2nccn2)c(C(=O)N2CCC3(CC3)C[C@H]2CCc2ccc(C(F)(F)F)cn2)c1. The van der Waals surface area contributed by atoms with Crippen molar-refractivity contribution in [2.24, 2.45) is 5.41 Å². The van der Waals surface area contributed by atoms with E-state index in [1.54, 1.807) is 12.4 Å². The van der Waals surface area contributed by atoms with Crippen LogP contribution < -0.4 is 0 Å². The van der Waals surface area contributed by atoms with Crippen molar-refractivity contribution in [1.82, 2.24) is 24.9 Å². The average molecular weight is 470 g/mol. The molecule has 1 saturated heterocycles. The Hall–Kier alpha value is -3.23. The van der Waals surface area contributed by atoms with Crippen molar-refractivity contribution < 1.29 is 18.0 Å². The first kappa shape index (κ1) is 22.6. The van der Waals surface area contributed by atoms with Crippen molar-refractivity contribution in [2.45, 2.75) is 57.7 Å². The Morgan fingerprint density at radius 3 is 2.53 bits per heavy atom. The molecule has 1 aromatic carbocycles. The number of pyridine rings is 1. The quantitative estimate of drug-likeness (QED) is 0.527. The molecule has 0 N–H and O–H groups in total. The molecule has 2 aliphatic rings. The Bertz CT molecular complexity index is 1170. The van der Waals surface area contributed by atoms with Crippen LogP contribution in [0, 0.1) is 12.3 Å². The van der Waals surface area contributed by atoms with E-state index in [0.717, 1.165) is 30.7 Å². The molecule has 1 atom stereocenters. The number of piperidine rings is 1. The van der Waals surface area contributed by atoms with E-state index < -0.39 is 11.7 Å². The van der Waals surface area contributed by atoms with Gasteiger partial charge in [0.05, 0.1) is 29.2 Å². The van der Waals surface area contributed by atoms with Crippen LogP contribution in [0.2, 0.25) is 0 Å². The predicted molar refractivity (Wildman–Crippen MR) is 119 cm³/mol. The third-order valence-corrected chi connectivity index (χ3v) is 7.11. The van der Waals surface area contributed by atoms with Crippen molar-refractivity contribution in [3.8, 4) is 5.69 Å². The number of amides is 1. The number of hydrogen-bond acceptors (Lipinski definition) is 4. The van der Waals surface area contributed by atoms with E-state index >= 15 is 0 Å². The maximum absolute atomic E-state index is 13.8. The van der Waals surface area contributed by atoms with Gasteiger partial charge >= 0.3 is 6.18 Å². The lowest BCUT2D eigenvalue weighted by Gasteiger charge is -2.40. The van der Waals surface area contributed by atoms with Crippen molar-refractivity contribution in [3.05, 3.63) is 71.3 Å². The molecule has 1 aliphatic carbocycles. The number of likely N-dealkylation sites (tertiary alicyclic amines) is 1. The van der Waals surface area contributed by atoms with Crippen molar-refractivity contribution in [1.29, 1.82) is 0 Å². The molecule has 2 fully saturated rings. The average Bonchev–Trinajstić information content (AvgIpc) is 3.33. The minimum Gasteiger partial charge on any atom is -0.336 e. The molecular formula is C25H26F3N5O. The highest BCUT2D eigenvalue weighted by Crippen LogP contribution is 2.55. The molecule has 0 radical (unpaired) electrons. The van der Waals surface area contributed by atoms with Gasteiger partial charge in [-0.1, -0.05) is 11.6 Å². The number of carbonyl (C=O) groups is 1. The van der Waals surface area contributed by atoms with E-state index in [9.17, 15) is 18.0 Å². The van der Waals surface area contributed by atoms with Gasteiger partial charge in [0.25, 0.3) is 5.91 Å². The number of nitrogens with zero attached hydrogens (tertiary/aromatic N) is 5. The normalized spacial score (nSPS) is 19.4. The zero-order chi connectivity index (χ0) is 23.9. The van der Waals surface area contributed by atoms with Crippen molar-refractivity contribution >= 4 is 5.91 Å². The van der Waals surface area contributed by atoms with Crippen LogP contribution in [0.15, 0.2) is 48.9 Å². The number of benzene rings is 1. The van der Waals surface area contributed by atoms with Crippen LogP contribution in [0.3, 0.4) is 0 Å². The fraction of sp³-hybridized carbons (Fsp3) is 0.440. The number of aromatic nitrogens is 4. The molecule has 1 aliphatic heterocycles. The van der Waals surface area contributed by atoms with Crippen LogP contribution in [-0.4, -0.2) is 43.4 Å². The number of alkyl halides is 3. The number of halogens is 3. The van der Waals surface area contributed by atoms with Gasteiger partial charge < -0.3 is 4.90 Å². The minimum atomic E-state index is -4.40. The van der Waals surface area contributed by atoms with Gasteiger partial charge in [-0.15, -0.1) is 0 Å². The summed E-state index contributed by atoms with van der Waals surface area (Å²) >= 11 is 0. The van der Waals surface area contributed by atoms with Gasteiger partial charge in [-0.2, -0.15) is 28.2 Å². The van der Waals surface area contributed by atoms with Gasteiger partial charge in [0.1, 0.15) is 0 Å². The maximum Gasteiger partial charge on any atom is 0.417 e. The highest BCUT2D eigenvalue weighted by Gasteiger charge is 2.49.